The topological polar surface area (TPSA) is 15.7 Å². The number of rotatable bonds is 9. The van der Waals surface area contributed by atoms with Gasteiger partial charge >= 0.3 is 0 Å². The average molecular weight is 353 g/mol. The molecule has 0 aromatic heterocycles. The predicted molar refractivity (Wildman–Crippen MR) is 109 cm³/mol. The molecule has 0 amide bonds. The van der Waals surface area contributed by atoms with Crippen molar-refractivity contribution >= 4 is 0 Å². The molecule has 1 aliphatic heterocycles. The molecular formula is C23H32N2O. The Hall–Kier alpha value is -1.84. The third kappa shape index (κ3) is 6.15. The summed E-state index contributed by atoms with van der Waals surface area (Å²) in [6.45, 7) is 10.00. The van der Waals surface area contributed by atoms with Gasteiger partial charge in [0.1, 0.15) is 5.75 Å². The number of hydrogen-bond acceptors (Lipinski definition) is 3. The van der Waals surface area contributed by atoms with Crippen LogP contribution in [0, 0.1) is 0 Å². The van der Waals surface area contributed by atoms with Gasteiger partial charge in [-0.05, 0) is 49.1 Å². The molecule has 1 heterocycles. The molecule has 2 aromatic rings. The van der Waals surface area contributed by atoms with E-state index in [1.54, 1.807) is 0 Å². The largest absolute Gasteiger partial charge is 0.494 e. The van der Waals surface area contributed by atoms with Crippen LogP contribution in [0.4, 0.5) is 0 Å². The molecule has 26 heavy (non-hydrogen) atoms. The smallest absolute Gasteiger partial charge is 0.119 e. The van der Waals surface area contributed by atoms with Crippen molar-refractivity contribution in [3.05, 3.63) is 65.7 Å². The summed E-state index contributed by atoms with van der Waals surface area (Å²) >= 11 is 0. The third-order valence-corrected chi connectivity index (χ3v) is 5.16. The summed E-state index contributed by atoms with van der Waals surface area (Å²) in [6, 6.07) is 19.3. The Labute approximate surface area is 158 Å². The molecule has 0 bridgehead atoms. The summed E-state index contributed by atoms with van der Waals surface area (Å²) in [5.41, 5.74) is 2.76. The molecule has 0 aliphatic carbocycles. The molecule has 0 spiro atoms. The van der Waals surface area contributed by atoms with E-state index in [1.165, 1.54) is 50.3 Å². The average Bonchev–Trinajstić information content (AvgIpc) is 2.70. The van der Waals surface area contributed by atoms with E-state index in [2.05, 4.69) is 71.3 Å². The van der Waals surface area contributed by atoms with Gasteiger partial charge < -0.3 is 9.64 Å². The van der Waals surface area contributed by atoms with Crippen molar-refractivity contribution < 1.29 is 4.74 Å². The van der Waals surface area contributed by atoms with Gasteiger partial charge in [-0.25, -0.2) is 0 Å². The Morgan fingerprint density at radius 2 is 1.54 bits per heavy atom. The Kier molecular flexibility index (Phi) is 7.53. The van der Waals surface area contributed by atoms with Crippen molar-refractivity contribution in [3.8, 4) is 5.75 Å². The van der Waals surface area contributed by atoms with E-state index in [1.807, 2.05) is 0 Å². The predicted octanol–water partition coefficient (Wildman–Crippen LogP) is 4.23. The van der Waals surface area contributed by atoms with Crippen molar-refractivity contribution in [2.24, 2.45) is 0 Å². The minimum absolute atomic E-state index is 0.821. The van der Waals surface area contributed by atoms with Crippen LogP contribution in [0.15, 0.2) is 54.6 Å². The number of nitrogens with zero attached hydrogens (tertiary/aromatic N) is 2. The van der Waals surface area contributed by atoms with E-state index in [0.717, 1.165) is 31.7 Å². The molecule has 2 aromatic carbocycles. The lowest BCUT2D eigenvalue weighted by molar-refractivity contribution is 0.124. The van der Waals surface area contributed by atoms with E-state index in [9.17, 15) is 0 Å². The zero-order chi connectivity index (χ0) is 18.0. The first kappa shape index (κ1) is 18.9. The highest BCUT2D eigenvalue weighted by atomic mass is 16.5. The summed E-state index contributed by atoms with van der Waals surface area (Å²) in [4.78, 5) is 5.16. The van der Waals surface area contributed by atoms with Crippen LogP contribution in [-0.2, 0) is 13.0 Å². The van der Waals surface area contributed by atoms with E-state index in [0.29, 0.717) is 0 Å². The quantitative estimate of drug-likeness (QED) is 0.628. The Morgan fingerprint density at radius 1 is 0.808 bits per heavy atom. The highest BCUT2D eigenvalue weighted by Gasteiger charge is 2.16. The molecule has 3 rings (SSSR count). The van der Waals surface area contributed by atoms with Gasteiger partial charge in [-0.15, -0.1) is 0 Å². The molecule has 0 radical (unpaired) electrons. The van der Waals surface area contributed by atoms with Crippen LogP contribution in [0.5, 0.6) is 5.75 Å². The number of hydrogen-bond donors (Lipinski definition) is 0. The lowest BCUT2D eigenvalue weighted by Gasteiger charge is -2.34. The lowest BCUT2D eigenvalue weighted by atomic mass is 10.2. The fourth-order valence-corrected chi connectivity index (χ4v) is 3.50. The van der Waals surface area contributed by atoms with E-state index in [4.69, 9.17) is 4.74 Å². The van der Waals surface area contributed by atoms with Crippen molar-refractivity contribution in [2.75, 3.05) is 39.3 Å². The van der Waals surface area contributed by atoms with Gasteiger partial charge in [-0.1, -0.05) is 49.4 Å². The van der Waals surface area contributed by atoms with Crippen LogP contribution in [0.3, 0.4) is 0 Å². The second-order valence-electron chi connectivity index (χ2n) is 7.16. The molecule has 0 N–H and O–H groups in total. The van der Waals surface area contributed by atoms with Gasteiger partial charge in [0.25, 0.3) is 0 Å². The molecule has 1 aliphatic rings. The Balaban J connectivity index is 1.27. The summed E-state index contributed by atoms with van der Waals surface area (Å²) in [7, 11) is 0. The fourth-order valence-electron chi connectivity index (χ4n) is 3.50. The molecule has 3 nitrogen and oxygen atoms in total. The molecule has 140 valence electrons. The number of benzene rings is 2. The minimum Gasteiger partial charge on any atom is -0.494 e. The number of aryl methyl sites for hydroxylation is 1. The van der Waals surface area contributed by atoms with E-state index >= 15 is 0 Å². The van der Waals surface area contributed by atoms with Crippen LogP contribution < -0.4 is 4.74 Å². The first-order valence-electron chi connectivity index (χ1n) is 10.0. The van der Waals surface area contributed by atoms with E-state index in [-0.39, 0.29) is 0 Å². The van der Waals surface area contributed by atoms with Gasteiger partial charge in [0, 0.05) is 32.7 Å². The molecule has 1 fully saturated rings. The van der Waals surface area contributed by atoms with E-state index < -0.39 is 0 Å². The van der Waals surface area contributed by atoms with Crippen molar-refractivity contribution in [1.82, 2.24) is 9.80 Å². The highest BCUT2D eigenvalue weighted by Crippen LogP contribution is 2.14. The standard InChI is InChI=1S/C23H32N2O/c1-2-21-11-8-12-23(19-21)26-18-7-6-13-24-14-16-25(17-15-24)20-22-9-4-3-5-10-22/h3-5,8-12,19H,2,6-7,13-18,20H2,1H3. The lowest BCUT2D eigenvalue weighted by Crippen LogP contribution is -2.46. The maximum absolute atomic E-state index is 5.89. The highest BCUT2D eigenvalue weighted by molar-refractivity contribution is 5.28. The summed E-state index contributed by atoms with van der Waals surface area (Å²) in [6.07, 6.45) is 3.40. The monoisotopic (exact) mass is 352 g/mol. The van der Waals surface area contributed by atoms with Gasteiger partial charge in [0.15, 0.2) is 0 Å². The van der Waals surface area contributed by atoms with Crippen LogP contribution in [0.25, 0.3) is 0 Å². The number of piperazine rings is 1. The molecule has 0 unspecified atom stereocenters. The molecule has 3 heteroatoms. The first-order valence-corrected chi connectivity index (χ1v) is 10.0. The number of ether oxygens (including phenoxy) is 1. The molecule has 1 saturated heterocycles. The fraction of sp³-hybridized carbons (Fsp3) is 0.478. The van der Waals surface area contributed by atoms with Gasteiger partial charge in [0.05, 0.1) is 6.61 Å². The normalized spacial score (nSPS) is 15.9. The zero-order valence-corrected chi connectivity index (χ0v) is 16.1. The van der Waals surface area contributed by atoms with Gasteiger partial charge in [0.2, 0.25) is 0 Å². The minimum atomic E-state index is 0.821. The maximum Gasteiger partial charge on any atom is 0.119 e. The molecule has 0 atom stereocenters. The van der Waals surface area contributed by atoms with Crippen molar-refractivity contribution in [1.29, 1.82) is 0 Å². The third-order valence-electron chi connectivity index (χ3n) is 5.16. The Morgan fingerprint density at radius 3 is 2.31 bits per heavy atom. The number of unbranched alkanes of at least 4 members (excludes halogenated alkanes) is 1. The maximum atomic E-state index is 5.89. The van der Waals surface area contributed by atoms with Gasteiger partial charge in [-0.3, -0.25) is 4.90 Å². The SMILES string of the molecule is CCc1cccc(OCCCCN2CCN(Cc3ccccc3)CC2)c1. The first-order chi connectivity index (χ1) is 12.8. The zero-order valence-electron chi connectivity index (χ0n) is 16.1. The van der Waals surface area contributed by atoms with Crippen molar-refractivity contribution in [2.45, 2.75) is 32.7 Å². The van der Waals surface area contributed by atoms with Crippen LogP contribution in [-0.4, -0.2) is 49.1 Å². The second-order valence-corrected chi connectivity index (χ2v) is 7.16. The molecule has 0 saturated carbocycles. The Bertz CT molecular complexity index is 636. The summed E-state index contributed by atoms with van der Waals surface area (Å²) < 4.78 is 5.89. The summed E-state index contributed by atoms with van der Waals surface area (Å²) in [5.74, 6) is 1.01. The van der Waals surface area contributed by atoms with Crippen LogP contribution >= 0.6 is 0 Å². The van der Waals surface area contributed by atoms with Crippen molar-refractivity contribution in [3.63, 3.8) is 0 Å². The van der Waals surface area contributed by atoms with Crippen LogP contribution in [0.1, 0.15) is 30.9 Å². The van der Waals surface area contributed by atoms with Gasteiger partial charge in [-0.2, -0.15) is 0 Å². The second kappa shape index (κ2) is 10.3. The molecular weight excluding hydrogens is 320 g/mol. The summed E-state index contributed by atoms with van der Waals surface area (Å²) in [5, 5.41) is 0. The van der Waals surface area contributed by atoms with Crippen LogP contribution in [0.2, 0.25) is 0 Å².